The molecule has 0 aromatic carbocycles. The monoisotopic (exact) mass is 198 g/mol. The van der Waals surface area contributed by atoms with E-state index in [2.05, 4.69) is 20.4 Å². The Bertz CT molecular complexity index is 227. The van der Waals surface area contributed by atoms with Gasteiger partial charge in [-0.25, -0.2) is 0 Å². The van der Waals surface area contributed by atoms with Gasteiger partial charge in [-0.05, 0) is 42.4 Å². The summed E-state index contributed by atoms with van der Waals surface area (Å²) in [5.74, 6) is 3.23. The van der Waals surface area contributed by atoms with Crippen molar-refractivity contribution in [3.8, 4) is 0 Å². The maximum absolute atomic E-state index is 5.86. The Morgan fingerprint density at radius 1 is 1.46 bits per heavy atom. The van der Waals surface area contributed by atoms with E-state index in [0.717, 1.165) is 17.8 Å². The van der Waals surface area contributed by atoms with Crippen molar-refractivity contribution in [2.45, 2.75) is 33.1 Å². The van der Waals surface area contributed by atoms with Gasteiger partial charge in [-0.15, -0.1) is 11.6 Å². The molecule has 2 bridgehead atoms. The molecule has 0 aliphatic heterocycles. The smallest absolute Gasteiger partial charge is 0.0433 e. The number of rotatable bonds is 2. The standard InChI is InChI=1S/C12H19Cl/c1-8(7-13)10-5-4-9-6-11(10)12(9,2)3/h9-11H,1,4-7H2,2-3H3. The van der Waals surface area contributed by atoms with Crippen LogP contribution in [0.2, 0.25) is 0 Å². The summed E-state index contributed by atoms with van der Waals surface area (Å²) in [4.78, 5) is 0. The fraction of sp³-hybridized carbons (Fsp3) is 0.833. The molecule has 0 radical (unpaired) electrons. The molecule has 1 heteroatoms. The predicted octanol–water partition coefficient (Wildman–Crippen LogP) is 3.85. The summed E-state index contributed by atoms with van der Waals surface area (Å²) in [5, 5.41) is 0. The molecule has 3 fully saturated rings. The van der Waals surface area contributed by atoms with Crippen LogP contribution in [0.15, 0.2) is 12.2 Å². The van der Waals surface area contributed by atoms with E-state index in [0.29, 0.717) is 11.3 Å². The quantitative estimate of drug-likeness (QED) is 0.467. The van der Waals surface area contributed by atoms with Gasteiger partial charge in [-0.2, -0.15) is 0 Å². The molecule has 0 saturated heterocycles. The van der Waals surface area contributed by atoms with E-state index in [-0.39, 0.29) is 0 Å². The number of allylic oxidation sites excluding steroid dienone is 1. The molecule has 3 aliphatic carbocycles. The number of hydrogen-bond donors (Lipinski definition) is 0. The first-order valence-corrected chi connectivity index (χ1v) is 5.84. The highest BCUT2D eigenvalue weighted by atomic mass is 35.5. The van der Waals surface area contributed by atoms with Crippen molar-refractivity contribution in [1.82, 2.24) is 0 Å². The number of fused-ring (bicyclic) bond motifs is 2. The van der Waals surface area contributed by atoms with E-state index in [1.54, 1.807) is 0 Å². The fourth-order valence-electron chi connectivity index (χ4n) is 3.40. The zero-order valence-electron chi connectivity index (χ0n) is 8.65. The first-order valence-electron chi connectivity index (χ1n) is 5.31. The molecule has 3 atom stereocenters. The summed E-state index contributed by atoms with van der Waals surface area (Å²) in [6, 6.07) is 0. The van der Waals surface area contributed by atoms with Crippen LogP contribution in [0.4, 0.5) is 0 Å². The van der Waals surface area contributed by atoms with Crippen LogP contribution in [0.5, 0.6) is 0 Å². The average Bonchev–Trinajstić information content (AvgIpc) is 2.16. The second-order valence-corrected chi connectivity index (χ2v) is 5.60. The third-order valence-electron chi connectivity index (χ3n) is 4.55. The summed E-state index contributed by atoms with van der Waals surface area (Å²) in [6.45, 7) is 8.94. The third kappa shape index (κ3) is 1.26. The van der Waals surface area contributed by atoms with Crippen LogP contribution in [0, 0.1) is 23.2 Å². The van der Waals surface area contributed by atoms with Crippen molar-refractivity contribution in [2.75, 3.05) is 5.88 Å². The summed E-state index contributed by atoms with van der Waals surface area (Å²) >= 11 is 5.86. The minimum Gasteiger partial charge on any atom is -0.122 e. The van der Waals surface area contributed by atoms with E-state index >= 15 is 0 Å². The second kappa shape index (κ2) is 3.02. The van der Waals surface area contributed by atoms with E-state index in [1.165, 1.54) is 24.8 Å². The van der Waals surface area contributed by atoms with Crippen molar-refractivity contribution in [2.24, 2.45) is 23.2 Å². The Kier molecular flexibility index (Phi) is 2.22. The van der Waals surface area contributed by atoms with Crippen molar-refractivity contribution < 1.29 is 0 Å². The second-order valence-electron chi connectivity index (χ2n) is 5.34. The van der Waals surface area contributed by atoms with Gasteiger partial charge in [-0.1, -0.05) is 26.0 Å². The highest BCUT2D eigenvalue weighted by molar-refractivity contribution is 6.19. The summed E-state index contributed by atoms with van der Waals surface area (Å²) < 4.78 is 0. The average molecular weight is 199 g/mol. The lowest BCUT2D eigenvalue weighted by atomic mass is 9.45. The van der Waals surface area contributed by atoms with E-state index in [1.807, 2.05) is 0 Å². The highest BCUT2D eigenvalue weighted by Crippen LogP contribution is 2.62. The first-order chi connectivity index (χ1) is 6.07. The molecular formula is C12H19Cl. The Hall–Kier alpha value is 0.0300. The largest absolute Gasteiger partial charge is 0.122 e. The molecule has 0 heterocycles. The van der Waals surface area contributed by atoms with Gasteiger partial charge < -0.3 is 0 Å². The lowest BCUT2D eigenvalue weighted by molar-refractivity contribution is -0.0932. The molecule has 0 amide bonds. The van der Waals surface area contributed by atoms with Gasteiger partial charge in [0.05, 0.1) is 0 Å². The SMILES string of the molecule is C=C(CCl)C1CCC2CC1C2(C)C. The highest BCUT2D eigenvalue weighted by Gasteiger charge is 2.54. The van der Waals surface area contributed by atoms with Gasteiger partial charge >= 0.3 is 0 Å². The maximum atomic E-state index is 5.86. The number of halogens is 1. The number of alkyl halides is 1. The molecule has 3 aliphatic rings. The minimum absolute atomic E-state index is 0.567. The van der Waals surface area contributed by atoms with Crippen LogP contribution in [0.25, 0.3) is 0 Å². The fourth-order valence-corrected chi connectivity index (χ4v) is 3.60. The lowest BCUT2D eigenvalue weighted by Gasteiger charge is -2.60. The summed E-state index contributed by atoms with van der Waals surface area (Å²) in [7, 11) is 0. The predicted molar refractivity (Wildman–Crippen MR) is 58.0 cm³/mol. The lowest BCUT2D eigenvalue weighted by Crippen LogP contribution is -2.52. The minimum atomic E-state index is 0.567. The van der Waals surface area contributed by atoms with Crippen LogP contribution in [-0.2, 0) is 0 Å². The summed E-state index contributed by atoms with van der Waals surface area (Å²) in [6.07, 6.45) is 4.15. The normalized spacial score (nSPS) is 41.0. The van der Waals surface area contributed by atoms with Crippen molar-refractivity contribution in [1.29, 1.82) is 0 Å². The number of hydrogen-bond acceptors (Lipinski definition) is 0. The zero-order valence-corrected chi connectivity index (χ0v) is 9.40. The van der Waals surface area contributed by atoms with Crippen LogP contribution in [-0.4, -0.2) is 5.88 Å². The van der Waals surface area contributed by atoms with Crippen molar-refractivity contribution >= 4 is 11.6 Å². The molecule has 3 rings (SSSR count). The molecule has 3 unspecified atom stereocenters. The van der Waals surface area contributed by atoms with Gasteiger partial charge in [0.1, 0.15) is 0 Å². The summed E-state index contributed by atoms with van der Waals surface area (Å²) in [5.41, 5.74) is 1.84. The Labute approximate surface area is 86.4 Å². The van der Waals surface area contributed by atoms with Gasteiger partial charge in [0.15, 0.2) is 0 Å². The zero-order chi connectivity index (χ0) is 9.64. The molecule has 0 N–H and O–H groups in total. The Morgan fingerprint density at radius 2 is 2.15 bits per heavy atom. The molecule has 3 saturated carbocycles. The molecule has 0 spiro atoms. The van der Waals surface area contributed by atoms with Crippen LogP contribution in [0.3, 0.4) is 0 Å². The molecular weight excluding hydrogens is 180 g/mol. The topological polar surface area (TPSA) is 0 Å². The van der Waals surface area contributed by atoms with E-state index in [9.17, 15) is 0 Å². The molecule has 13 heavy (non-hydrogen) atoms. The van der Waals surface area contributed by atoms with Crippen molar-refractivity contribution in [3.05, 3.63) is 12.2 Å². The van der Waals surface area contributed by atoms with Crippen LogP contribution in [0.1, 0.15) is 33.1 Å². The van der Waals surface area contributed by atoms with Gasteiger partial charge in [0.2, 0.25) is 0 Å². The van der Waals surface area contributed by atoms with Gasteiger partial charge in [0.25, 0.3) is 0 Å². The molecule has 0 aromatic heterocycles. The first kappa shape index (κ1) is 9.58. The van der Waals surface area contributed by atoms with E-state index in [4.69, 9.17) is 11.6 Å². The maximum Gasteiger partial charge on any atom is 0.0433 e. The van der Waals surface area contributed by atoms with Gasteiger partial charge in [-0.3, -0.25) is 0 Å². The van der Waals surface area contributed by atoms with Crippen LogP contribution < -0.4 is 0 Å². The van der Waals surface area contributed by atoms with Gasteiger partial charge in [0, 0.05) is 5.88 Å². The van der Waals surface area contributed by atoms with Crippen molar-refractivity contribution in [3.63, 3.8) is 0 Å². The Morgan fingerprint density at radius 3 is 2.62 bits per heavy atom. The van der Waals surface area contributed by atoms with E-state index < -0.39 is 0 Å². The molecule has 0 aromatic rings. The molecule has 74 valence electrons. The Balaban J connectivity index is 2.11. The van der Waals surface area contributed by atoms with Crippen LogP contribution >= 0.6 is 11.6 Å². The third-order valence-corrected chi connectivity index (χ3v) is 4.90. The molecule has 0 nitrogen and oxygen atoms in total.